The summed E-state index contributed by atoms with van der Waals surface area (Å²) in [6.45, 7) is 5.13. The SMILES string of the molecule is Cc1cc(NC(=O)[C@H]2NCCO[C@@H]2C)n(C)n1.Cl. The third kappa shape index (κ3) is 3.22. The van der Waals surface area contributed by atoms with Crippen molar-refractivity contribution in [3.63, 3.8) is 0 Å². The van der Waals surface area contributed by atoms with Crippen molar-refractivity contribution in [2.45, 2.75) is 26.0 Å². The number of hydrogen-bond donors (Lipinski definition) is 2. The molecule has 1 aliphatic rings. The zero-order valence-electron chi connectivity index (χ0n) is 10.8. The van der Waals surface area contributed by atoms with Gasteiger partial charge in [-0.25, -0.2) is 0 Å². The molecule has 1 amide bonds. The van der Waals surface area contributed by atoms with Crippen molar-refractivity contribution in [3.05, 3.63) is 11.8 Å². The number of ether oxygens (including phenoxy) is 1. The molecular weight excluding hydrogens is 256 g/mol. The average molecular weight is 275 g/mol. The summed E-state index contributed by atoms with van der Waals surface area (Å²) >= 11 is 0. The zero-order valence-corrected chi connectivity index (χ0v) is 11.6. The molecule has 6 nitrogen and oxygen atoms in total. The molecule has 0 aromatic carbocycles. The monoisotopic (exact) mass is 274 g/mol. The lowest BCUT2D eigenvalue weighted by Gasteiger charge is -2.29. The molecule has 2 N–H and O–H groups in total. The van der Waals surface area contributed by atoms with Crippen LogP contribution in [-0.4, -0.2) is 41.0 Å². The van der Waals surface area contributed by atoms with Crippen molar-refractivity contribution in [2.24, 2.45) is 7.05 Å². The van der Waals surface area contributed by atoms with E-state index in [2.05, 4.69) is 15.7 Å². The highest BCUT2D eigenvalue weighted by Gasteiger charge is 2.28. The Morgan fingerprint density at radius 2 is 2.39 bits per heavy atom. The Labute approximate surface area is 112 Å². The normalized spacial score (nSPS) is 23.3. The molecule has 0 radical (unpaired) electrons. The molecule has 0 saturated carbocycles. The summed E-state index contributed by atoms with van der Waals surface area (Å²) in [5.74, 6) is 0.618. The lowest BCUT2D eigenvalue weighted by Crippen LogP contribution is -2.53. The number of amides is 1. The first-order valence-electron chi connectivity index (χ1n) is 5.74. The second kappa shape index (κ2) is 6.17. The highest BCUT2D eigenvalue weighted by atomic mass is 35.5. The number of nitrogens with one attached hydrogen (secondary N) is 2. The van der Waals surface area contributed by atoms with Crippen LogP contribution in [0.4, 0.5) is 5.82 Å². The number of anilines is 1. The fraction of sp³-hybridized carbons (Fsp3) is 0.636. The van der Waals surface area contributed by atoms with Crippen LogP contribution in [0.15, 0.2) is 6.07 Å². The molecule has 1 aliphatic heterocycles. The largest absolute Gasteiger partial charge is 0.375 e. The number of nitrogens with zero attached hydrogens (tertiary/aromatic N) is 2. The van der Waals surface area contributed by atoms with Gasteiger partial charge in [0.2, 0.25) is 5.91 Å². The molecular formula is C11H19ClN4O2. The number of morpholine rings is 1. The van der Waals surface area contributed by atoms with Gasteiger partial charge in [-0.3, -0.25) is 9.48 Å². The van der Waals surface area contributed by atoms with Crippen LogP contribution in [0, 0.1) is 6.92 Å². The number of halogens is 1. The highest BCUT2D eigenvalue weighted by molar-refractivity contribution is 5.94. The molecule has 0 aliphatic carbocycles. The summed E-state index contributed by atoms with van der Waals surface area (Å²) in [4.78, 5) is 12.0. The van der Waals surface area contributed by atoms with Gasteiger partial charge in [0.1, 0.15) is 11.9 Å². The Kier molecular flexibility index (Phi) is 5.13. The van der Waals surface area contributed by atoms with Gasteiger partial charge >= 0.3 is 0 Å². The third-order valence-electron chi connectivity index (χ3n) is 2.85. The van der Waals surface area contributed by atoms with Crippen LogP contribution >= 0.6 is 12.4 Å². The van der Waals surface area contributed by atoms with Gasteiger partial charge in [-0.1, -0.05) is 0 Å². The minimum Gasteiger partial charge on any atom is -0.375 e. The van der Waals surface area contributed by atoms with E-state index < -0.39 is 0 Å². The van der Waals surface area contributed by atoms with E-state index in [1.54, 1.807) is 11.7 Å². The molecule has 7 heteroatoms. The van der Waals surface area contributed by atoms with Crippen LogP contribution in [-0.2, 0) is 16.6 Å². The molecule has 1 fully saturated rings. The van der Waals surface area contributed by atoms with E-state index in [1.807, 2.05) is 19.9 Å². The third-order valence-corrected chi connectivity index (χ3v) is 2.85. The second-order valence-electron chi connectivity index (χ2n) is 4.29. The van der Waals surface area contributed by atoms with Gasteiger partial charge < -0.3 is 15.4 Å². The Bertz CT molecular complexity index is 421. The molecule has 0 spiro atoms. The number of rotatable bonds is 2. The van der Waals surface area contributed by atoms with Crippen molar-refractivity contribution in [1.29, 1.82) is 0 Å². The summed E-state index contributed by atoms with van der Waals surface area (Å²) < 4.78 is 7.09. The Morgan fingerprint density at radius 3 is 2.94 bits per heavy atom. The molecule has 1 aromatic rings. The standard InChI is InChI=1S/C11H18N4O2.ClH/c1-7-6-9(15(3)14-7)13-11(16)10-8(2)17-5-4-12-10;/h6,8,10,12H,4-5H2,1-3H3,(H,13,16);1H/t8-,10+;/m1./s1. The maximum absolute atomic E-state index is 12.0. The fourth-order valence-corrected chi connectivity index (χ4v) is 1.96. The van der Waals surface area contributed by atoms with Gasteiger partial charge in [-0.15, -0.1) is 12.4 Å². The summed E-state index contributed by atoms with van der Waals surface area (Å²) in [6.07, 6.45) is -0.113. The van der Waals surface area contributed by atoms with Gasteiger partial charge in [0, 0.05) is 19.7 Å². The van der Waals surface area contributed by atoms with Gasteiger partial charge in [-0.2, -0.15) is 5.10 Å². The van der Waals surface area contributed by atoms with Crippen LogP contribution in [0.2, 0.25) is 0 Å². The first-order chi connectivity index (χ1) is 8.08. The minimum absolute atomic E-state index is 0. The van der Waals surface area contributed by atoms with E-state index in [0.29, 0.717) is 19.0 Å². The maximum Gasteiger partial charge on any atom is 0.245 e. The molecule has 0 unspecified atom stereocenters. The zero-order chi connectivity index (χ0) is 12.4. The van der Waals surface area contributed by atoms with E-state index in [0.717, 1.165) is 5.69 Å². The van der Waals surface area contributed by atoms with Crippen LogP contribution in [0.25, 0.3) is 0 Å². The van der Waals surface area contributed by atoms with Crippen LogP contribution < -0.4 is 10.6 Å². The highest BCUT2D eigenvalue weighted by Crippen LogP contribution is 2.11. The number of aromatic nitrogens is 2. The number of aryl methyl sites for hydroxylation is 2. The molecule has 2 rings (SSSR count). The average Bonchev–Trinajstić information content (AvgIpc) is 2.58. The number of carbonyl (C=O) groups excluding carboxylic acids is 1. The van der Waals surface area contributed by atoms with Crippen molar-refractivity contribution in [1.82, 2.24) is 15.1 Å². The van der Waals surface area contributed by atoms with Crippen molar-refractivity contribution >= 4 is 24.1 Å². The molecule has 18 heavy (non-hydrogen) atoms. The second-order valence-corrected chi connectivity index (χ2v) is 4.29. The van der Waals surface area contributed by atoms with Crippen molar-refractivity contribution in [3.8, 4) is 0 Å². The summed E-state index contributed by atoms with van der Waals surface area (Å²) in [5, 5.41) is 10.2. The summed E-state index contributed by atoms with van der Waals surface area (Å²) in [6, 6.07) is 1.53. The summed E-state index contributed by atoms with van der Waals surface area (Å²) in [5.41, 5.74) is 0.878. The van der Waals surface area contributed by atoms with E-state index in [1.165, 1.54) is 0 Å². The van der Waals surface area contributed by atoms with Gasteiger partial charge in [-0.05, 0) is 13.8 Å². The summed E-state index contributed by atoms with van der Waals surface area (Å²) in [7, 11) is 1.80. The van der Waals surface area contributed by atoms with Crippen LogP contribution in [0.3, 0.4) is 0 Å². The first-order valence-corrected chi connectivity index (χ1v) is 5.74. The molecule has 0 bridgehead atoms. The number of hydrogen-bond acceptors (Lipinski definition) is 4. The van der Waals surface area contributed by atoms with Crippen molar-refractivity contribution in [2.75, 3.05) is 18.5 Å². The van der Waals surface area contributed by atoms with Gasteiger partial charge in [0.15, 0.2) is 0 Å². The quantitative estimate of drug-likeness (QED) is 0.822. The smallest absolute Gasteiger partial charge is 0.245 e. The molecule has 2 atom stereocenters. The van der Waals surface area contributed by atoms with Gasteiger partial charge in [0.05, 0.1) is 18.4 Å². The first kappa shape index (κ1) is 14.9. The predicted octanol–water partition coefficient (Wildman–Crippen LogP) is 0.466. The van der Waals surface area contributed by atoms with E-state index in [-0.39, 0.29) is 30.5 Å². The fourth-order valence-electron chi connectivity index (χ4n) is 1.96. The lowest BCUT2D eigenvalue weighted by atomic mass is 10.1. The van der Waals surface area contributed by atoms with E-state index in [4.69, 9.17) is 4.74 Å². The molecule has 102 valence electrons. The predicted molar refractivity (Wildman–Crippen MR) is 71.0 cm³/mol. The molecule has 1 aromatic heterocycles. The number of carbonyl (C=O) groups is 1. The Balaban J connectivity index is 0.00000162. The Morgan fingerprint density at radius 1 is 1.67 bits per heavy atom. The van der Waals surface area contributed by atoms with Crippen LogP contribution in [0.5, 0.6) is 0 Å². The van der Waals surface area contributed by atoms with E-state index in [9.17, 15) is 4.79 Å². The van der Waals surface area contributed by atoms with Gasteiger partial charge in [0.25, 0.3) is 0 Å². The minimum atomic E-state index is -0.307. The van der Waals surface area contributed by atoms with E-state index >= 15 is 0 Å². The van der Waals surface area contributed by atoms with Crippen molar-refractivity contribution < 1.29 is 9.53 Å². The Hall–Kier alpha value is -1.11. The topological polar surface area (TPSA) is 68.2 Å². The molecule has 2 heterocycles. The maximum atomic E-state index is 12.0. The lowest BCUT2D eigenvalue weighted by molar-refractivity contribution is -0.123. The van der Waals surface area contributed by atoms with Crippen LogP contribution in [0.1, 0.15) is 12.6 Å². The molecule has 1 saturated heterocycles.